The topological polar surface area (TPSA) is 463 Å². The molecule has 2 saturated carbocycles. The first-order chi connectivity index (χ1) is 48.0. The molecule has 542 valence electrons. The van der Waals surface area contributed by atoms with E-state index in [1.807, 2.05) is 0 Å². The van der Waals surface area contributed by atoms with E-state index in [1.165, 1.54) is 65.1 Å². The molecule has 24 atom stereocenters. The Balaban J connectivity index is 0.852. The fourth-order valence-corrected chi connectivity index (χ4v) is 13.6. The summed E-state index contributed by atoms with van der Waals surface area (Å²) in [5, 5.41) is 145. The van der Waals surface area contributed by atoms with Crippen molar-refractivity contribution in [3.05, 3.63) is 109 Å². The number of halogens is 2. The van der Waals surface area contributed by atoms with Crippen LogP contribution < -0.4 is 16.0 Å². The number of ether oxygens (including phenoxy) is 7. The number of nitrogens with one attached hydrogen (secondary N) is 3. The maximum Gasteiger partial charge on any atom is 0.332 e. The van der Waals surface area contributed by atoms with Crippen molar-refractivity contribution >= 4 is 23.7 Å². The van der Waals surface area contributed by atoms with Gasteiger partial charge in [0.1, 0.15) is 108 Å². The van der Waals surface area contributed by atoms with Crippen molar-refractivity contribution in [1.29, 1.82) is 0 Å². The van der Waals surface area contributed by atoms with Crippen LogP contribution in [0.25, 0.3) is 33.8 Å². The lowest BCUT2D eigenvalue weighted by molar-refractivity contribution is -0.337. The smallest absolute Gasteiger partial charge is 0.332 e. The van der Waals surface area contributed by atoms with E-state index >= 15 is 0 Å². The first-order valence-corrected chi connectivity index (χ1v) is 33.0. The van der Waals surface area contributed by atoms with Crippen LogP contribution in [-0.2, 0) is 52.3 Å². The molecule has 3 aromatic heterocycles. The Labute approximate surface area is 569 Å². The molecule has 5 aliphatic rings. The first-order valence-electron chi connectivity index (χ1n) is 33.0. The normalized spacial score (nSPS) is 33.5. The molecule has 35 heteroatoms. The Kier molecular flexibility index (Phi) is 23.8. The number of aliphatic hydroxyl groups is 9. The number of carbonyl (C=O) groups excluding carboxylic acids is 3. The summed E-state index contributed by atoms with van der Waals surface area (Å²) in [6.45, 7) is 2.21. The third kappa shape index (κ3) is 16.4. The molecule has 33 nitrogen and oxygen atoms in total. The number of aliphatic carboxylic acids is 1. The van der Waals surface area contributed by atoms with Crippen molar-refractivity contribution in [1.82, 2.24) is 60.9 Å². The third-order valence-electron chi connectivity index (χ3n) is 18.8. The molecular weight excluding hydrogens is 1320 g/mol. The van der Waals surface area contributed by atoms with Gasteiger partial charge in [0.2, 0.25) is 17.7 Å². The van der Waals surface area contributed by atoms with Crippen LogP contribution in [0.15, 0.2) is 97.5 Å². The van der Waals surface area contributed by atoms with Gasteiger partial charge < -0.3 is 100 Å². The minimum atomic E-state index is -1.88. The van der Waals surface area contributed by atoms with E-state index in [2.05, 4.69) is 46.9 Å². The number of rotatable bonds is 25. The predicted octanol–water partition coefficient (Wildman–Crippen LogP) is -1.18. The van der Waals surface area contributed by atoms with Crippen LogP contribution in [0.3, 0.4) is 0 Å². The second-order valence-corrected chi connectivity index (χ2v) is 25.7. The molecule has 3 aliphatic heterocycles. The lowest BCUT2D eigenvalue weighted by Crippen LogP contribution is -2.67. The van der Waals surface area contributed by atoms with E-state index in [4.69, 9.17) is 33.2 Å². The Morgan fingerprint density at radius 2 is 1.10 bits per heavy atom. The molecule has 13 N–H and O–H groups in total. The average molecular weight is 1410 g/mol. The molecule has 5 fully saturated rings. The minimum Gasteiger partial charge on any atom is -0.479 e. The number of benzene rings is 3. The fraction of sp³-hybridized carbons (Fsp3) is 0.569. The molecule has 2 aliphatic carbocycles. The van der Waals surface area contributed by atoms with Crippen LogP contribution in [-0.4, -0.2) is 263 Å². The summed E-state index contributed by atoms with van der Waals surface area (Å²) in [7, 11) is 0. The van der Waals surface area contributed by atoms with Gasteiger partial charge in [0.15, 0.2) is 25.0 Å². The number of amides is 3. The average Bonchev–Trinajstić information content (AvgIpc) is 1.15. The van der Waals surface area contributed by atoms with Crippen molar-refractivity contribution in [3.8, 4) is 33.8 Å². The zero-order valence-corrected chi connectivity index (χ0v) is 54.4. The molecule has 11 rings (SSSR count). The van der Waals surface area contributed by atoms with E-state index in [9.17, 15) is 79.0 Å². The molecule has 3 saturated heterocycles. The standard InChI is InChI=1S/C65H82F2N12O21/c1-4-10-44(62(92)93)95-59-49(70-31(3)82)63(98-48(29-81)54(59)86)97-46-24-36(22-43(78-25-39(71-75-78)32-11-6-5-7-12-32)58(46)100-65-57(89)56(88)51(83)30(2)94-65)61(91)69-18-17-68-60(90)35-21-42(77-26-40(72-74-77)33-13-8-15-37(66)19-33)52(84)45(23-35)96-64-55(87)50(53(85)47(28-80)99-64)79-27-41(73-76-79)34-14-9-16-38(67)20-34/h5-9,11-16,19-20,25-27,30,35-36,42-59,63-65,80-81,83-89H,4,10,17-18,21-24,28-29H2,1-3H3,(H,68,90)(H,69,91)(H,70,82)(H,92,93)/t30?,35?,36?,42?,43?,44-,45+,46+,47?,48?,49?,50?,51+,52?,53-,54-,55?,56?,57?,58?,59?,63+,64+,65-/m0/s1. The van der Waals surface area contributed by atoms with Crippen molar-refractivity contribution < 1.29 is 112 Å². The summed E-state index contributed by atoms with van der Waals surface area (Å²) in [6, 6.07) is 14.8. The number of hydrogen-bond donors (Lipinski definition) is 13. The van der Waals surface area contributed by atoms with Crippen LogP contribution in [0.4, 0.5) is 8.78 Å². The van der Waals surface area contributed by atoms with Gasteiger partial charge in [-0.1, -0.05) is 83.6 Å². The molecule has 3 aromatic carbocycles. The van der Waals surface area contributed by atoms with Gasteiger partial charge in [-0.15, -0.1) is 15.3 Å². The molecule has 15 unspecified atom stereocenters. The third-order valence-corrected chi connectivity index (χ3v) is 18.8. The summed E-state index contributed by atoms with van der Waals surface area (Å²) in [4.78, 5) is 55.1. The summed E-state index contributed by atoms with van der Waals surface area (Å²) in [5.74, 6) is -6.54. The maximum absolute atomic E-state index is 14.9. The SMILES string of the molecule is CCC[C@H](OC1C(NC(C)=O)[C@H](O[C@@H]2CC(C(=O)NCCNC(=O)C3CC(n4cc(-c5cccc(F)c5)nn4)C(O)[C@H](O[C@@H]4OC(CO)[C@H](O)C(n5cc(-c6cccc(F)c6)nn5)C4O)C3)CC(n3cc(-c4ccccc4)nn3)C2O[C@@H]2OC(C)[C@@H](O)C(O)C2O)OC(CO)[C@@H]1O)C(=O)O. The Hall–Kier alpha value is -7.82. The Morgan fingerprint density at radius 3 is 1.68 bits per heavy atom. The second kappa shape index (κ2) is 32.4. The number of carboxylic acids is 1. The largest absolute Gasteiger partial charge is 0.479 e. The summed E-state index contributed by atoms with van der Waals surface area (Å²) >= 11 is 0. The summed E-state index contributed by atoms with van der Waals surface area (Å²) in [6.07, 6.45) is -24.5. The lowest BCUT2D eigenvalue weighted by atomic mass is 9.80. The van der Waals surface area contributed by atoms with Gasteiger partial charge in [0.25, 0.3) is 0 Å². The highest BCUT2D eigenvalue weighted by molar-refractivity contribution is 5.80. The number of carboxylic acid groups (broad SMARTS) is 1. The second-order valence-electron chi connectivity index (χ2n) is 25.7. The van der Waals surface area contributed by atoms with Gasteiger partial charge in [-0.2, -0.15) is 0 Å². The van der Waals surface area contributed by atoms with Gasteiger partial charge in [-0.3, -0.25) is 14.4 Å². The van der Waals surface area contributed by atoms with E-state index in [0.717, 1.165) is 11.6 Å². The minimum absolute atomic E-state index is 0.0286. The van der Waals surface area contributed by atoms with E-state index in [0.29, 0.717) is 28.8 Å². The number of carbonyl (C=O) groups is 4. The van der Waals surface area contributed by atoms with Crippen molar-refractivity contribution in [2.24, 2.45) is 11.8 Å². The van der Waals surface area contributed by atoms with E-state index in [-0.39, 0.29) is 56.6 Å². The fourth-order valence-electron chi connectivity index (χ4n) is 13.6. The number of aliphatic hydroxyl groups excluding tert-OH is 9. The van der Waals surface area contributed by atoms with Crippen molar-refractivity contribution in [3.63, 3.8) is 0 Å². The highest BCUT2D eigenvalue weighted by Gasteiger charge is 2.55. The quantitative estimate of drug-likeness (QED) is 0.0300. The van der Waals surface area contributed by atoms with Crippen LogP contribution in [0, 0.1) is 23.5 Å². The highest BCUT2D eigenvalue weighted by Crippen LogP contribution is 2.43. The number of aromatic nitrogens is 9. The van der Waals surface area contributed by atoms with E-state index < -0.39 is 195 Å². The molecule has 0 radical (unpaired) electrons. The van der Waals surface area contributed by atoms with Crippen LogP contribution in [0.5, 0.6) is 0 Å². The molecule has 0 spiro atoms. The van der Waals surface area contributed by atoms with Crippen molar-refractivity contribution in [2.75, 3.05) is 26.3 Å². The molecule has 6 heterocycles. The molecular formula is C65H82F2N12O21. The monoisotopic (exact) mass is 1400 g/mol. The number of nitrogens with zero attached hydrogens (tertiary/aromatic N) is 9. The summed E-state index contributed by atoms with van der Waals surface area (Å²) in [5.41, 5.74) is 2.08. The highest BCUT2D eigenvalue weighted by atomic mass is 19.1. The zero-order valence-electron chi connectivity index (χ0n) is 54.4. The predicted molar refractivity (Wildman–Crippen MR) is 336 cm³/mol. The first kappa shape index (κ1) is 73.4. The number of hydrogen-bond acceptors (Lipinski definition) is 26. The van der Waals surface area contributed by atoms with Gasteiger partial charge >= 0.3 is 5.97 Å². The van der Waals surface area contributed by atoms with Gasteiger partial charge in [0.05, 0.1) is 62.2 Å². The lowest BCUT2D eigenvalue weighted by Gasteiger charge is -2.49. The van der Waals surface area contributed by atoms with Crippen LogP contribution >= 0.6 is 0 Å². The Bertz CT molecular complexity index is 3730. The van der Waals surface area contributed by atoms with Crippen LogP contribution in [0.1, 0.15) is 77.4 Å². The maximum atomic E-state index is 14.9. The molecule has 100 heavy (non-hydrogen) atoms. The van der Waals surface area contributed by atoms with E-state index in [1.54, 1.807) is 55.6 Å². The summed E-state index contributed by atoms with van der Waals surface area (Å²) < 4.78 is 76.4. The Morgan fingerprint density at radius 1 is 0.580 bits per heavy atom. The van der Waals surface area contributed by atoms with Crippen molar-refractivity contribution in [2.45, 2.75) is 194 Å². The molecule has 0 bridgehead atoms. The van der Waals surface area contributed by atoms with Gasteiger partial charge in [-0.25, -0.2) is 27.6 Å². The molecule has 3 amide bonds. The van der Waals surface area contributed by atoms with Gasteiger partial charge in [0, 0.05) is 48.5 Å². The zero-order chi connectivity index (χ0) is 71.2. The van der Waals surface area contributed by atoms with Crippen LogP contribution in [0.2, 0.25) is 0 Å². The molecule has 6 aromatic rings. The van der Waals surface area contributed by atoms with Gasteiger partial charge in [-0.05, 0) is 63.3 Å².